The Kier molecular flexibility index (Phi) is 4.65. The van der Waals surface area contributed by atoms with Crippen molar-refractivity contribution in [1.82, 2.24) is 4.57 Å². The molecule has 5 heteroatoms. The van der Waals surface area contributed by atoms with Crippen LogP contribution < -0.4 is 5.73 Å². The van der Waals surface area contributed by atoms with Crippen molar-refractivity contribution in [2.24, 2.45) is 7.05 Å². The fourth-order valence-corrected chi connectivity index (χ4v) is 2.46. The molecule has 0 bridgehead atoms. The molecule has 2 aromatic rings. The van der Waals surface area contributed by atoms with E-state index in [-0.39, 0.29) is 18.2 Å². The molecule has 0 aliphatic rings. The summed E-state index contributed by atoms with van der Waals surface area (Å²) in [4.78, 5) is 24.3. The lowest BCUT2D eigenvalue weighted by Gasteiger charge is -2.08. The zero-order chi connectivity index (χ0) is 16.3. The van der Waals surface area contributed by atoms with E-state index in [1.807, 2.05) is 13.0 Å². The van der Waals surface area contributed by atoms with E-state index in [1.54, 1.807) is 42.8 Å². The van der Waals surface area contributed by atoms with Gasteiger partial charge in [-0.2, -0.15) is 0 Å². The highest BCUT2D eigenvalue weighted by Gasteiger charge is 2.19. The molecule has 0 fully saturated rings. The van der Waals surface area contributed by atoms with Crippen LogP contribution in [0.3, 0.4) is 0 Å². The molecule has 0 radical (unpaired) electrons. The number of nitrogens with zero attached hydrogens (tertiary/aromatic N) is 1. The van der Waals surface area contributed by atoms with Crippen molar-refractivity contribution in [3.05, 3.63) is 52.8 Å². The van der Waals surface area contributed by atoms with Gasteiger partial charge in [-0.15, -0.1) is 0 Å². The molecule has 1 heterocycles. The van der Waals surface area contributed by atoms with Crippen LogP contribution in [0.25, 0.3) is 0 Å². The topological polar surface area (TPSA) is 74.3 Å². The van der Waals surface area contributed by atoms with Crippen molar-refractivity contribution >= 4 is 17.4 Å². The van der Waals surface area contributed by atoms with Crippen LogP contribution in [0.4, 0.5) is 5.69 Å². The third-order valence-corrected chi connectivity index (χ3v) is 3.54. The van der Waals surface area contributed by atoms with Crippen molar-refractivity contribution in [3.63, 3.8) is 0 Å². The maximum absolute atomic E-state index is 12.6. The molecule has 0 saturated carbocycles. The van der Waals surface area contributed by atoms with Gasteiger partial charge >= 0.3 is 5.97 Å². The standard InChI is InChI=1S/C17H20N2O3/c1-4-22-15(20)10-14-9-11(2)16(19(14)3)17(21)12-5-7-13(18)8-6-12/h5-9H,4,10,18H2,1-3H3. The van der Waals surface area contributed by atoms with Gasteiger partial charge in [0.25, 0.3) is 0 Å². The van der Waals surface area contributed by atoms with Gasteiger partial charge in [0.05, 0.1) is 18.7 Å². The number of hydrogen-bond acceptors (Lipinski definition) is 4. The van der Waals surface area contributed by atoms with E-state index in [4.69, 9.17) is 10.5 Å². The highest BCUT2D eigenvalue weighted by atomic mass is 16.5. The van der Waals surface area contributed by atoms with E-state index < -0.39 is 0 Å². The van der Waals surface area contributed by atoms with Gasteiger partial charge in [-0.3, -0.25) is 9.59 Å². The zero-order valence-electron chi connectivity index (χ0n) is 13.1. The Hall–Kier alpha value is -2.56. The van der Waals surface area contributed by atoms with Crippen molar-refractivity contribution in [2.75, 3.05) is 12.3 Å². The maximum atomic E-state index is 12.6. The molecular weight excluding hydrogens is 280 g/mol. The minimum atomic E-state index is -0.297. The predicted octanol–water partition coefficient (Wildman–Crippen LogP) is 2.25. The van der Waals surface area contributed by atoms with Crippen molar-refractivity contribution in [2.45, 2.75) is 20.3 Å². The first kappa shape index (κ1) is 15.8. The molecule has 1 aromatic carbocycles. The summed E-state index contributed by atoms with van der Waals surface area (Å²) in [6.45, 7) is 3.98. The third-order valence-electron chi connectivity index (χ3n) is 3.54. The molecule has 0 atom stereocenters. The number of nitrogens with two attached hydrogens (primary N) is 1. The number of anilines is 1. The SMILES string of the molecule is CCOC(=O)Cc1cc(C)c(C(=O)c2ccc(N)cc2)n1C. The van der Waals surface area contributed by atoms with Crippen molar-refractivity contribution in [1.29, 1.82) is 0 Å². The van der Waals surface area contributed by atoms with Crippen molar-refractivity contribution < 1.29 is 14.3 Å². The van der Waals surface area contributed by atoms with Gasteiger partial charge in [0.2, 0.25) is 5.78 Å². The summed E-state index contributed by atoms with van der Waals surface area (Å²) in [6.07, 6.45) is 0.153. The number of aromatic nitrogens is 1. The van der Waals surface area contributed by atoms with E-state index in [0.717, 1.165) is 11.3 Å². The number of aryl methyl sites for hydroxylation is 1. The van der Waals surface area contributed by atoms with Crippen LogP contribution in [0.15, 0.2) is 30.3 Å². The van der Waals surface area contributed by atoms with Gasteiger partial charge in [-0.25, -0.2) is 0 Å². The molecule has 116 valence electrons. The second-order valence-corrected chi connectivity index (χ2v) is 5.16. The van der Waals surface area contributed by atoms with Crippen LogP contribution in [0.1, 0.15) is 34.2 Å². The van der Waals surface area contributed by atoms with Crippen molar-refractivity contribution in [3.8, 4) is 0 Å². The predicted molar refractivity (Wildman–Crippen MR) is 84.8 cm³/mol. The highest BCUT2D eigenvalue weighted by molar-refractivity contribution is 6.09. The summed E-state index contributed by atoms with van der Waals surface area (Å²) in [5, 5.41) is 0. The summed E-state index contributed by atoms with van der Waals surface area (Å²) < 4.78 is 6.71. The first-order valence-electron chi connectivity index (χ1n) is 7.15. The van der Waals surface area contributed by atoms with Crippen LogP contribution in [0.2, 0.25) is 0 Å². The number of carbonyl (C=O) groups excluding carboxylic acids is 2. The molecule has 5 nitrogen and oxygen atoms in total. The van der Waals surface area contributed by atoms with Crippen LogP contribution in [-0.2, 0) is 23.0 Å². The van der Waals surface area contributed by atoms with Gasteiger partial charge in [-0.1, -0.05) is 0 Å². The minimum Gasteiger partial charge on any atom is -0.466 e. The number of hydrogen-bond donors (Lipinski definition) is 1. The summed E-state index contributed by atoms with van der Waals surface area (Å²) in [7, 11) is 1.78. The van der Waals surface area contributed by atoms with Crippen LogP contribution >= 0.6 is 0 Å². The molecule has 22 heavy (non-hydrogen) atoms. The van der Waals surface area contributed by atoms with E-state index in [9.17, 15) is 9.59 Å². The van der Waals surface area contributed by atoms with Gasteiger partial charge in [0.15, 0.2) is 0 Å². The van der Waals surface area contributed by atoms with Gasteiger partial charge in [0.1, 0.15) is 0 Å². The lowest BCUT2D eigenvalue weighted by molar-refractivity contribution is -0.142. The normalized spacial score (nSPS) is 10.5. The third kappa shape index (κ3) is 3.19. The molecule has 2 N–H and O–H groups in total. The molecule has 2 rings (SSSR count). The number of ketones is 1. The van der Waals surface area contributed by atoms with Crippen LogP contribution in [-0.4, -0.2) is 22.9 Å². The summed E-state index contributed by atoms with van der Waals surface area (Å²) >= 11 is 0. The Morgan fingerprint density at radius 2 is 1.86 bits per heavy atom. The van der Waals surface area contributed by atoms with E-state index in [1.165, 1.54) is 0 Å². The average molecular weight is 300 g/mol. The Labute approximate surface area is 129 Å². The number of rotatable bonds is 5. The molecule has 0 aliphatic heterocycles. The lowest BCUT2D eigenvalue weighted by atomic mass is 10.1. The Bertz CT molecular complexity index is 699. The smallest absolute Gasteiger partial charge is 0.311 e. The van der Waals surface area contributed by atoms with Crippen LogP contribution in [0, 0.1) is 6.92 Å². The fraction of sp³-hybridized carbons (Fsp3) is 0.294. The Balaban J connectivity index is 2.31. The highest BCUT2D eigenvalue weighted by Crippen LogP contribution is 2.19. The molecule has 0 unspecified atom stereocenters. The number of ether oxygens (including phenoxy) is 1. The van der Waals surface area contributed by atoms with E-state index >= 15 is 0 Å². The van der Waals surface area contributed by atoms with Gasteiger partial charge in [-0.05, 0) is 49.7 Å². The average Bonchev–Trinajstić information content (AvgIpc) is 2.73. The monoisotopic (exact) mass is 300 g/mol. The number of benzene rings is 1. The summed E-state index contributed by atoms with van der Waals surface area (Å²) in [5.74, 6) is -0.385. The van der Waals surface area contributed by atoms with Gasteiger partial charge in [0, 0.05) is 24.0 Å². The quantitative estimate of drug-likeness (QED) is 0.522. The molecule has 0 amide bonds. The fourth-order valence-electron chi connectivity index (χ4n) is 2.46. The van der Waals surface area contributed by atoms with Gasteiger partial charge < -0.3 is 15.0 Å². The maximum Gasteiger partial charge on any atom is 0.311 e. The molecule has 1 aromatic heterocycles. The molecule has 0 saturated heterocycles. The summed E-state index contributed by atoms with van der Waals surface area (Å²) in [6, 6.07) is 8.65. The van der Waals surface area contributed by atoms with E-state index in [0.29, 0.717) is 23.6 Å². The van der Waals surface area contributed by atoms with E-state index in [2.05, 4.69) is 0 Å². The minimum absolute atomic E-state index is 0.0879. The second kappa shape index (κ2) is 6.47. The Morgan fingerprint density at radius 1 is 1.23 bits per heavy atom. The number of carbonyl (C=O) groups is 2. The number of nitrogen functional groups attached to an aromatic ring is 1. The Morgan fingerprint density at radius 3 is 2.45 bits per heavy atom. The molecular formula is C17H20N2O3. The first-order chi connectivity index (χ1) is 10.4. The first-order valence-corrected chi connectivity index (χ1v) is 7.15. The molecule has 0 spiro atoms. The molecule has 0 aliphatic carbocycles. The number of esters is 1. The lowest BCUT2D eigenvalue weighted by Crippen LogP contribution is -2.14. The largest absolute Gasteiger partial charge is 0.466 e. The summed E-state index contributed by atoms with van der Waals surface area (Å²) in [5.41, 5.74) is 9.00. The zero-order valence-corrected chi connectivity index (χ0v) is 13.1. The second-order valence-electron chi connectivity index (χ2n) is 5.16. The van der Waals surface area contributed by atoms with Crippen LogP contribution in [0.5, 0.6) is 0 Å².